The van der Waals surface area contributed by atoms with Crippen LogP contribution in [0, 0.1) is 12.8 Å². The van der Waals surface area contributed by atoms with E-state index in [-0.39, 0.29) is 6.10 Å². The number of aromatic nitrogens is 2. The van der Waals surface area contributed by atoms with Crippen LogP contribution in [0.25, 0.3) is 10.2 Å². The second kappa shape index (κ2) is 4.58. The molecule has 2 aromatic rings. The van der Waals surface area contributed by atoms with E-state index in [2.05, 4.69) is 23.8 Å². The van der Waals surface area contributed by atoms with Crippen LogP contribution in [0.5, 0.6) is 0 Å². The summed E-state index contributed by atoms with van der Waals surface area (Å²) in [6.07, 6.45) is -0.107. The SMILES string of the molecule is COC(c1nc(N)c2cc(C)sc2n1)C(C)C. The maximum Gasteiger partial charge on any atom is 0.161 e. The standard InChI is InChI=1S/C12H17N3OS/c1-6(2)9(16-4)11-14-10(13)8-5-7(3)17-12(8)15-11/h5-6,9H,1-4H3,(H2,13,14,15). The van der Waals surface area contributed by atoms with Crippen molar-refractivity contribution in [3.8, 4) is 0 Å². The number of nitrogen functional groups attached to an aromatic ring is 1. The zero-order chi connectivity index (χ0) is 12.6. The van der Waals surface area contributed by atoms with Gasteiger partial charge in [-0.05, 0) is 18.9 Å². The van der Waals surface area contributed by atoms with Gasteiger partial charge in [0.15, 0.2) is 5.82 Å². The minimum Gasteiger partial charge on any atom is -0.383 e. The molecule has 0 aliphatic carbocycles. The van der Waals surface area contributed by atoms with Crippen molar-refractivity contribution < 1.29 is 4.74 Å². The zero-order valence-corrected chi connectivity index (χ0v) is 11.3. The molecule has 0 aliphatic heterocycles. The highest BCUT2D eigenvalue weighted by Gasteiger charge is 2.20. The molecule has 4 nitrogen and oxygen atoms in total. The average Bonchev–Trinajstić information content (AvgIpc) is 2.59. The molecule has 0 aliphatic rings. The molecule has 17 heavy (non-hydrogen) atoms. The number of aryl methyl sites for hydroxylation is 1. The van der Waals surface area contributed by atoms with E-state index in [1.54, 1.807) is 18.4 Å². The number of nitrogens with zero attached hydrogens (tertiary/aromatic N) is 2. The van der Waals surface area contributed by atoms with Crippen molar-refractivity contribution >= 4 is 27.4 Å². The van der Waals surface area contributed by atoms with Crippen molar-refractivity contribution in [3.05, 3.63) is 16.8 Å². The van der Waals surface area contributed by atoms with E-state index in [4.69, 9.17) is 10.5 Å². The van der Waals surface area contributed by atoms with Gasteiger partial charge in [0.1, 0.15) is 16.8 Å². The Morgan fingerprint density at radius 2 is 2.06 bits per heavy atom. The maximum atomic E-state index is 5.96. The van der Waals surface area contributed by atoms with Gasteiger partial charge in [-0.15, -0.1) is 11.3 Å². The number of fused-ring (bicyclic) bond motifs is 1. The van der Waals surface area contributed by atoms with Gasteiger partial charge in [-0.25, -0.2) is 9.97 Å². The van der Waals surface area contributed by atoms with Gasteiger partial charge in [0.25, 0.3) is 0 Å². The fourth-order valence-corrected chi connectivity index (χ4v) is 2.78. The summed E-state index contributed by atoms with van der Waals surface area (Å²) in [6, 6.07) is 2.02. The summed E-state index contributed by atoms with van der Waals surface area (Å²) in [5.41, 5.74) is 5.96. The van der Waals surface area contributed by atoms with Crippen LogP contribution in [0.15, 0.2) is 6.07 Å². The lowest BCUT2D eigenvalue weighted by molar-refractivity contribution is 0.0579. The van der Waals surface area contributed by atoms with Gasteiger partial charge in [-0.3, -0.25) is 0 Å². The van der Waals surface area contributed by atoms with Gasteiger partial charge >= 0.3 is 0 Å². The fourth-order valence-electron chi connectivity index (χ4n) is 1.88. The number of thiophene rings is 1. The van der Waals surface area contributed by atoms with Crippen molar-refractivity contribution in [3.63, 3.8) is 0 Å². The van der Waals surface area contributed by atoms with Gasteiger partial charge in [0.2, 0.25) is 0 Å². The minimum absolute atomic E-state index is 0.107. The van der Waals surface area contributed by atoms with Crippen LogP contribution in [0.3, 0.4) is 0 Å². The van der Waals surface area contributed by atoms with Crippen LogP contribution in [-0.2, 0) is 4.74 Å². The first kappa shape index (κ1) is 12.3. The summed E-state index contributed by atoms with van der Waals surface area (Å²) in [7, 11) is 1.67. The summed E-state index contributed by atoms with van der Waals surface area (Å²) < 4.78 is 5.43. The first-order valence-electron chi connectivity index (χ1n) is 5.59. The van der Waals surface area contributed by atoms with Gasteiger partial charge < -0.3 is 10.5 Å². The molecule has 0 spiro atoms. The highest BCUT2D eigenvalue weighted by atomic mass is 32.1. The molecule has 92 valence electrons. The van der Waals surface area contributed by atoms with E-state index in [0.717, 1.165) is 10.2 Å². The lowest BCUT2D eigenvalue weighted by Crippen LogP contribution is -2.13. The molecule has 2 N–H and O–H groups in total. The monoisotopic (exact) mass is 251 g/mol. The number of anilines is 1. The quantitative estimate of drug-likeness (QED) is 0.911. The van der Waals surface area contributed by atoms with Crippen LogP contribution in [-0.4, -0.2) is 17.1 Å². The van der Waals surface area contributed by atoms with E-state index in [9.17, 15) is 0 Å². The number of nitrogens with two attached hydrogens (primary N) is 1. The third kappa shape index (κ3) is 2.25. The Morgan fingerprint density at radius 3 is 2.65 bits per heavy atom. The minimum atomic E-state index is -0.107. The summed E-state index contributed by atoms with van der Waals surface area (Å²) in [6.45, 7) is 6.21. The molecule has 0 saturated carbocycles. The predicted octanol–water partition coefficient (Wildman–Crippen LogP) is 2.93. The zero-order valence-electron chi connectivity index (χ0n) is 10.5. The van der Waals surface area contributed by atoms with Crippen molar-refractivity contribution in [2.75, 3.05) is 12.8 Å². The largest absolute Gasteiger partial charge is 0.383 e. The van der Waals surface area contributed by atoms with Crippen molar-refractivity contribution in [1.29, 1.82) is 0 Å². The van der Waals surface area contributed by atoms with E-state index >= 15 is 0 Å². The van der Waals surface area contributed by atoms with Crippen molar-refractivity contribution in [2.24, 2.45) is 5.92 Å². The summed E-state index contributed by atoms with van der Waals surface area (Å²) >= 11 is 1.63. The number of methoxy groups -OCH3 is 1. The van der Waals surface area contributed by atoms with Gasteiger partial charge in [0.05, 0.1) is 5.39 Å². The smallest absolute Gasteiger partial charge is 0.161 e. The highest BCUT2D eigenvalue weighted by molar-refractivity contribution is 7.18. The van der Waals surface area contributed by atoms with Gasteiger partial charge in [-0.2, -0.15) is 0 Å². The number of rotatable bonds is 3. The van der Waals surface area contributed by atoms with E-state index in [0.29, 0.717) is 17.6 Å². The van der Waals surface area contributed by atoms with Crippen molar-refractivity contribution in [2.45, 2.75) is 26.9 Å². The molecular weight excluding hydrogens is 234 g/mol. The molecule has 2 aromatic heterocycles. The first-order valence-corrected chi connectivity index (χ1v) is 6.41. The normalized spacial score (nSPS) is 13.5. The molecular formula is C12H17N3OS. The molecule has 1 atom stereocenters. The summed E-state index contributed by atoms with van der Waals surface area (Å²) in [4.78, 5) is 11.0. The second-order valence-corrected chi connectivity index (χ2v) is 5.68. The van der Waals surface area contributed by atoms with Crippen LogP contribution >= 0.6 is 11.3 Å². The van der Waals surface area contributed by atoms with Crippen LogP contribution in [0.1, 0.15) is 30.7 Å². The molecule has 0 radical (unpaired) electrons. The Hall–Kier alpha value is -1.20. The molecule has 0 amide bonds. The van der Waals surface area contributed by atoms with E-state index in [1.165, 1.54) is 4.88 Å². The molecule has 0 aromatic carbocycles. The Balaban J connectivity index is 2.55. The van der Waals surface area contributed by atoms with Gasteiger partial charge in [0, 0.05) is 12.0 Å². The topological polar surface area (TPSA) is 61.0 Å². The average molecular weight is 251 g/mol. The third-order valence-corrected chi connectivity index (χ3v) is 3.62. The maximum absolute atomic E-state index is 5.96. The highest BCUT2D eigenvalue weighted by Crippen LogP contribution is 2.30. The molecule has 0 fully saturated rings. The second-order valence-electron chi connectivity index (χ2n) is 4.44. The number of ether oxygens (including phenoxy) is 1. The molecule has 1 unspecified atom stereocenters. The Kier molecular flexibility index (Phi) is 3.31. The van der Waals surface area contributed by atoms with Crippen LogP contribution in [0.2, 0.25) is 0 Å². The lowest BCUT2D eigenvalue weighted by Gasteiger charge is -2.17. The summed E-state index contributed by atoms with van der Waals surface area (Å²) in [5, 5.41) is 0.940. The fraction of sp³-hybridized carbons (Fsp3) is 0.500. The molecule has 2 rings (SSSR count). The Bertz CT molecular complexity index is 536. The molecule has 5 heteroatoms. The third-order valence-electron chi connectivity index (χ3n) is 2.68. The van der Waals surface area contributed by atoms with Crippen molar-refractivity contribution in [1.82, 2.24) is 9.97 Å². The Morgan fingerprint density at radius 1 is 1.35 bits per heavy atom. The van der Waals surface area contributed by atoms with E-state index in [1.807, 2.05) is 13.0 Å². The van der Waals surface area contributed by atoms with Gasteiger partial charge in [-0.1, -0.05) is 13.8 Å². The predicted molar refractivity (Wildman–Crippen MR) is 71.2 cm³/mol. The lowest BCUT2D eigenvalue weighted by atomic mass is 10.1. The summed E-state index contributed by atoms with van der Waals surface area (Å²) in [5.74, 6) is 1.53. The number of hydrogen-bond acceptors (Lipinski definition) is 5. The first-order chi connectivity index (χ1) is 8.02. The molecule has 0 bridgehead atoms. The van der Waals surface area contributed by atoms with E-state index < -0.39 is 0 Å². The number of hydrogen-bond donors (Lipinski definition) is 1. The Labute approximate surface area is 105 Å². The van der Waals surface area contributed by atoms with Crippen LogP contribution in [0.4, 0.5) is 5.82 Å². The molecule has 0 saturated heterocycles. The van der Waals surface area contributed by atoms with Crippen LogP contribution < -0.4 is 5.73 Å². The molecule has 2 heterocycles.